The average molecular weight is 246 g/mol. The third-order valence-corrected chi connectivity index (χ3v) is 2.75. The zero-order chi connectivity index (χ0) is 13.5. The molecule has 0 radical (unpaired) electrons. The van der Waals surface area contributed by atoms with E-state index in [0.29, 0.717) is 5.76 Å². The lowest BCUT2D eigenvalue weighted by Gasteiger charge is -2.18. The number of furan rings is 1. The Bertz CT molecular complexity index is 600. The van der Waals surface area contributed by atoms with Crippen LogP contribution >= 0.6 is 0 Å². The largest absolute Gasteiger partial charge is 0.454 e. The summed E-state index contributed by atoms with van der Waals surface area (Å²) in [5.74, 6) is -0.107. The summed E-state index contributed by atoms with van der Waals surface area (Å²) in [7, 11) is 0. The molecule has 0 saturated heterocycles. The Hall–Kier alpha value is -1.77. The Kier molecular flexibility index (Phi) is 2.93. The van der Waals surface area contributed by atoms with Crippen molar-refractivity contribution in [2.24, 2.45) is 0 Å². The van der Waals surface area contributed by atoms with Crippen molar-refractivity contribution >= 4 is 16.9 Å². The molecule has 0 aliphatic carbocycles. The fourth-order valence-corrected chi connectivity index (χ4v) is 2.03. The van der Waals surface area contributed by atoms with E-state index in [1.165, 1.54) is 0 Å². The summed E-state index contributed by atoms with van der Waals surface area (Å²) in [5.41, 5.74) is 2.16. The van der Waals surface area contributed by atoms with Crippen molar-refractivity contribution in [2.75, 3.05) is 0 Å². The zero-order valence-electron chi connectivity index (χ0n) is 11.5. The highest BCUT2D eigenvalue weighted by Crippen LogP contribution is 2.29. The quantitative estimate of drug-likeness (QED) is 0.714. The molecule has 0 atom stereocenters. The van der Waals surface area contributed by atoms with Crippen LogP contribution in [0, 0.1) is 13.8 Å². The molecule has 0 aliphatic heterocycles. The molecule has 1 aromatic heterocycles. The number of carbonyl (C=O) groups is 1. The van der Waals surface area contributed by atoms with Gasteiger partial charge in [-0.2, -0.15) is 0 Å². The van der Waals surface area contributed by atoms with Gasteiger partial charge in [-0.15, -0.1) is 0 Å². The molecule has 1 heterocycles. The molecular weight excluding hydrogens is 228 g/mol. The summed E-state index contributed by atoms with van der Waals surface area (Å²) in [6.07, 6.45) is 0. The Morgan fingerprint density at radius 1 is 1.22 bits per heavy atom. The first-order chi connectivity index (χ1) is 8.29. The van der Waals surface area contributed by atoms with Crippen molar-refractivity contribution in [2.45, 2.75) is 40.2 Å². The second-order valence-electron chi connectivity index (χ2n) is 5.51. The van der Waals surface area contributed by atoms with E-state index in [1.54, 1.807) is 0 Å². The molecule has 0 fully saturated rings. The van der Waals surface area contributed by atoms with Crippen molar-refractivity contribution in [3.05, 3.63) is 35.1 Å². The Morgan fingerprint density at radius 2 is 1.89 bits per heavy atom. The SMILES string of the molecule is Cc1cccc2oc(C(=O)OC(C)(C)C)c(C)c12. The minimum Gasteiger partial charge on any atom is -0.454 e. The molecule has 0 spiro atoms. The van der Waals surface area contributed by atoms with E-state index in [1.807, 2.05) is 52.8 Å². The summed E-state index contributed by atoms with van der Waals surface area (Å²) in [4.78, 5) is 12.0. The third-order valence-electron chi connectivity index (χ3n) is 2.75. The van der Waals surface area contributed by atoms with Gasteiger partial charge in [0.25, 0.3) is 0 Å². The van der Waals surface area contributed by atoms with Gasteiger partial charge in [0.1, 0.15) is 11.2 Å². The maximum Gasteiger partial charge on any atom is 0.375 e. The molecule has 0 N–H and O–H groups in total. The Balaban J connectivity index is 2.50. The number of hydrogen-bond acceptors (Lipinski definition) is 3. The van der Waals surface area contributed by atoms with Gasteiger partial charge >= 0.3 is 5.97 Å². The van der Waals surface area contributed by atoms with E-state index in [9.17, 15) is 4.79 Å². The second kappa shape index (κ2) is 4.16. The zero-order valence-corrected chi connectivity index (χ0v) is 11.5. The molecule has 0 amide bonds. The highest BCUT2D eigenvalue weighted by molar-refractivity contribution is 5.97. The number of hydrogen-bond donors (Lipinski definition) is 0. The van der Waals surface area contributed by atoms with Gasteiger partial charge in [-0.25, -0.2) is 4.79 Å². The summed E-state index contributed by atoms with van der Waals surface area (Å²) in [6, 6.07) is 5.78. The first-order valence-electron chi connectivity index (χ1n) is 6.01. The molecule has 0 aliphatic rings. The van der Waals surface area contributed by atoms with Gasteiger partial charge in [-0.3, -0.25) is 0 Å². The number of aryl methyl sites for hydroxylation is 2. The highest BCUT2D eigenvalue weighted by Gasteiger charge is 2.24. The van der Waals surface area contributed by atoms with Crippen LogP contribution in [0.25, 0.3) is 11.0 Å². The summed E-state index contributed by atoms with van der Waals surface area (Å²) < 4.78 is 11.0. The summed E-state index contributed by atoms with van der Waals surface area (Å²) >= 11 is 0. The van der Waals surface area contributed by atoms with E-state index >= 15 is 0 Å². The lowest BCUT2D eigenvalue weighted by Crippen LogP contribution is -2.23. The normalized spacial score (nSPS) is 11.8. The third kappa shape index (κ3) is 2.26. The van der Waals surface area contributed by atoms with E-state index in [0.717, 1.165) is 22.1 Å². The van der Waals surface area contributed by atoms with Crippen molar-refractivity contribution < 1.29 is 13.9 Å². The number of benzene rings is 1. The molecule has 2 rings (SSSR count). The number of fused-ring (bicyclic) bond motifs is 1. The maximum atomic E-state index is 12.0. The topological polar surface area (TPSA) is 39.4 Å². The number of ether oxygens (including phenoxy) is 1. The van der Waals surface area contributed by atoms with E-state index < -0.39 is 11.6 Å². The molecule has 18 heavy (non-hydrogen) atoms. The minimum atomic E-state index is -0.516. The first-order valence-corrected chi connectivity index (χ1v) is 6.01. The molecule has 3 heteroatoms. The van der Waals surface area contributed by atoms with Crippen LogP contribution in [0.4, 0.5) is 0 Å². The van der Waals surface area contributed by atoms with Gasteiger partial charge in [0.2, 0.25) is 5.76 Å². The van der Waals surface area contributed by atoms with Crippen LogP contribution in [0.5, 0.6) is 0 Å². The monoisotopic (exact) mass is 246 g/mol. The van der Waals surface area contributed by atoms with Crippen LogP contribution in [0.15, 0.2) is 22.6 Å². The maximum absolute atomic E-state index is 12.0. The number of rotatable bonds is 1. The van der Waals surface area contributed by atoms with Crippen LogP contribution in [0.1, 0.15) is 42.5 Å². The van der Waals surface area contributed by atoms with Crippen LogP contribution < -0.4 is 0 Å². The lowest BCUT2D eigenvalue weighted by molar-refractivity contribution is 0.00372. The van der Waals surface area contributed by atoms with Crippen LogP contribution in [0.3, 0.4) is 0 Å². The van der Waals surface area contributed by atoms with E-state index in [2.05, 4.69) is 0 Å². The Labute approximate surface area is 107 Å². The first kappa shape index (κ1) is 12.7. The Morgan fingerprint density at radius 3 is 2.44 bits per heavy atom. The lowest BCUT2D eigenvalue weighted by atomic mass is 10.1. The smallest absolute Gasteiger partial charge is 0.375 e. The summed E-state index contributed by atoms with van der Waals surface area (Å²) in [5, 5.41) is 0.998. The fraction of sp³-hybridized carbons (Fsp3) is 0.400. The van der Waals surface area contributed by atoms with Crippen LogP contribution in [0.2, 0.25) is 0 Å². The van der Waals surface area contributed by atoms with Gasteiger partial charge in [0.15, 0.2) is 0 Å². The number of carbonyl (C=O) groups excluding carboxylic acids is 1. The molecule has 0 unspecified atom stereocenters. The minimum absolute atomic E-state index is 0.300. The predicted octanol–water partition coefficient (Wildman–Crippen LogP) is 4.00. The van der Waals surface area contributed by atoms with Gasteiger partial charge in [0, 0.05) is 10.9 Å². The van der Waals surface area contributed by atoms with Crippen molar-refractivity contribution in [1.29, 1.82) is 0 Å². The van der Waals surface area contributed by atoms with Crippen molar-refractivity contribution in [3.8, 4) is 0 Å². The number of esters is 1. The van der Waals surface area contributed by atoms with Crippen molar-refractivity contribution in [3.63, 3.8) is 0 Å². The summed E-state index contributed by atoms with van der Waals surface area (Å²) in [6.45, 7) is 9.41. The van der Waals surface area contributed by atoms with Crippen molar-refractivity contribution in [1.82, 2.24) is 0 Å². The van der Waals surface area contributed by atoms with E-state index in [4.69, 9.17) is 9.15 Å². The second-order valence-corrected chi connectivity index (χ2v) is 5.51. The highest BCUT2D eigenvalue weighted by atomic mass is 16.6. The molecule has 0 bridgehead atoms. The van der Waals surface area contributed by atoms with Gasteiger partial charge in [0.05, 0.1) is 0 Å². The van der Waals surface area contributed by atoms with Crippen LogP contribution in [-0.2, 0) is 4.74 Å². The van der Waals surface area contributed by atoms with Gasteiger partial charge < -0.3 is 9.15 Å². The molecule has 2 aromatic rings. The van der Waals surface area contributed by atoms with Crippen LogP contribution in [-0.4, -0.2) is 11.6 Å². The van der Waals surface area contributed by atoms with E-state index in [-0.39, 0.29) is 0 Å². The molecule has 0 saturated carbocycles. The molecule has 3 nitrogen and oxygen atoms in total. The average Bonchev–Trinajstić information content (AvgIpc) is 2.55. The predicted molar refractivity (Wildman–Crippen MR) is 70.9 cm³/mol. The molecule has 96 valence electrons. The standard InChI is InChI=1S/C15H18O3/c1-9-7-6-8-11-12(9)10(2)13(17-11)14(16)18-15(3,4)5/h6-8H,1-5H3. The van der Waals surface area contributed by atoms with Gasteiger partial charge in [-0.05, 0) is 46.2 Å². The molecule has 1 aromatic carbocycles. The fourth-order valence-electron chi connectivity index (χ4n) is 2.03. The van der Waals surface area contributed by atoms with Gasteiger partial charge in [-0.1, -0.05) is 12.1 Å². The molecular formula is C15H18O3.